The van der Waals surface area contributed by atoms with Gasteiger partial charge in [0, 0.05) is 18.2 Å². The van der Waals surface area contributed by atoms with Crippen molar-refractivity contribution in [1.82, 2.24) is 15.3 Å². The van der Waals surface area contributed by atoms with E-state index >= 15 is 0 Å². The summed E-state index contributed by atoms with van der Waals surface area (Å²) in [5, 5.41) is 3.17. The van der Waals surface area contributed by atoms with Crippen molar-refractivity contribution in [3.63, 3.8) is 0 Å². The highest BCUT2D eigenvalue weighted by molar-refractivity contribution is 6.10. The Labute approximate surface area is 207 Å². The van der Waals surface area contributed by atoms with E-state index in [9.17, 15) is 9.59 Å². The second-order valence-corrected chi connectivity index (χ2v) is 10.9. The average molecular weight is 480 g/mol. The predicted octanol–water partition coefficient (Wildman–Crippen LogP) is 4.31. The smallest absolute Gasteiger partial charge is 0.267 e. The van der Waals surface area contributed by atoms with Crippen LogP contribution in [0, 0.1) is 11.3 Å². The number of aromatic nitrogens is 2. The van der Waals surface area contributed by atoms with E-state index in [1.165, 1.54) is 11.9 Å². The van der Waals surface area contributed by atoms with E-state index in [4.69, 9.17) is 10.5 Å². The number of fused-ring (bicyclic) bond motifs is 1. The first kappa shape index (κ1) is 24.9. The molecule has 188 valence electrons. The maximum Gasteiger partial charge on any atom is 0.267 e. The zero-order chi connectivity index (χ0) is 25.2. The first-order valence-corrected chi connectivity index (χ1v) is 12.6. The molecule has 0 radical (unpaired) electrons. The first-order chi connectivity index (χ1) is 16.6. The fourth-order valence-corrected chi connectivity index (χ4v) is 4.81. The number of nitrogens with zero attached hydrogens (tertiary/aromatic N) is 3. The summed E-state index contributed by atoms with van der Waals surface area (Å²) in [5.74, 6) is 1.20. The van der Waals surface area contributed by atoms with E-state index in [1.54, 1.807) is 4.90 Å². The molecule has 0 spiro atoms. The van der Waals surface area contributed by atoms with Crippen molar-refractivity contribution in [2.75, 3.05) is 23.8 Å². The molecule has 2 heterocycles. The van der Waals surface area contributed by atoms with Crippen LogP contribution in [0.25, 0.3) is 0 Å². The number of carbonyl (C=O) groups is 2. The normalized spacial score (nSPS) is 21.5. The van der Waals surface area contributed by atoms with Gasteiger partial charge in [-0.2, -0.15) is 0 Å². The molecule has 35 heavy (non-hydrogen) atoms. The van der Waals surface area contributed by atoms with Crippen LogP contribution in [0.2, 0.25) is 0 Å². The van der Waals surface area contributed by atoms with Gasteiger partial charge in [-0.1, -0.05) is 32.9 Å². The molecule has 2 aromatic rings. The lowest BCUT2D eigenvalue weighted by Gasteiger charge is -2.31. The summed E-state index contributed by atoms with van der Waals surface area (Å²) in [6, 6.07) is 8.37. The van der Waals surface area contributed by atoms with Crippen LogP contribution in [0.5, 0.6) is 5.88 Å². The number of amides is 2. The van der Waals surface area contributed by atoms with Gasteiger partial charge in [-0.05, 0) is 67.6 Å². The van der Waals surface area contributed by atoms with Gasteiger partial charge in [0.05, 0.1) is 6.54 Å². The molecule has 8 nitrogen and oxygen atoms in total. The third-order valence-electron chi connectivity index (χ3n) is 7.53. The fraction of sp³-hybridized carbons (Fsp3) is 0.556. The molecule has 3 N–H and O–H groups in total. The van der Waals surface area contributed by atoms with Crippen molar-refractivity contribution >= 4 is 23.3 Å². The maximum atomic E-state index is 13.1. The van der Waals surface area contributed by atoms with Gasteiger partial charge in [0.15, 0.2) is 0 Å². The molecule has 4 rings (SSSR count). The summed E-state index contributed by atoms with van der Waals surface area (Å²) in [7, 11) is 0. The van der Waals surface area contributed by atoms with Gasteiger partial charge in [0.1, 0.15) is 24.3 Å². The van der Waals surface area contributed by atoms with Crippen molar-refractivity contribution in [2.45, 2.75) is 71.8 Å². The summed E-state index contributed by atoms with van der Waals surface area (Å²) >= 11 is 0. The molecule has 1 aromatic carbocycles. The molecule has 0 unspecified atom stereocenters. The monoisotopic (exact) mass is 479 g/mol. The van der Waals surface area contributed by atoms with E-state index in [2.05, 4.69) is 55.1 Å². The average Bonchev–Trinajstić information content (AvgIpc) is 2.98. The van der Waals surface area contributed by atoms with E-state index in [1.807, 2.05) is 12.1 Å². The van der Waals surface area contributed by atoms with Gasteiger partial charge < -0.3 is 20.7 Å². The minimum absolute atomic E-state index is 0.0637. The van der Waals surface area contributed by atoms with Gasteiger partial charge in [-0.15, -0.1) is 0 Å². The molecule has 1 atom stereocenters. The van der Waals surface area contributed by atoms with Crippen LogP contribution < -0.4 is 20.7 Å². The van der Waals surface area contributed by atoms with Gasteiger partial charge in [-0.25, -0.2) is 9.97 Å². The Balaban J connectivity index is 1.34. The highest BCUT2D eigenvalue weighted by Gasteiger charge is 2.30. The number of benzene rings is 1. The zero-order valence-electron chi connectivity index (χ0n) is 21.2. The number of nitrogens with two attached hydrogens (primary N) is 1. The topological polar surface area (TPSA) is 110 Å². The molecular weight excluding hydrogens is 442 g/mol. The van der Waals surface area contributed by atoms with Crippen molar-refractivity contribution < 1.29 is 14.3 Å². The summed E-state index contributed by atoms with van der Waals surface area (Å²) in [4.78, 5) is 35.3. The Morgan fingerprint density at radius 2 is 1.86 bits per heavy atom. The maximum absolute atomic E-state index is 13.1. The highest BCUT2D eigenvalue weighted by atomic mass is 16.5. The van der Waals surface area contributed by atoms with Gasteiger partial charge in [0.25, 0.3) is 5.91 Å². The predicted molar refractivity (Wildman–Crippen MR) is 136 cm³/mol. The molecule has 0 saturated heterocycles. The van der Waals surface area contributed by atoms with E-state index in [0.29, 0.717) is 31.4 Å². The standard InChI is InChI=1S/C27H37N5O3/c1-17(27(2,3)4)31-22(33)15-18-5-7-19(8-6-18)20-9-11-21(12-10-20)32-13-14-35-25-23(26(32)34)24(28)29-16-30-25/h9-12,16-19H,5-8,13-15H2,1-4H3,(H,31,33)(H2,28,29,30)/t17-,18?,19?/m0/s1. The Bertz CT molecular complexity index is 1060. The van der Waals surface area contributed by atoms with Crippen LogP contribution in [-0.2, 0) is 4.79 Å². The SMILES string of the molecule is C[C@H](NC(=O)CC1CCC(c2ccc(N3CCOc4ncnc(N)c4C3=O)cc2)CC1)C(C)(C)C. The van der Waals surface area contributed by atoms with Crippen LogP contribution in [0.3, 0.4) is 0 Å². The van der Waals surface area contributed by atoms with E-state index < -0.39 is 0 Å². The number of rotatable bonds is 5. The molecule has 2 aliphatic rings. The number of carbonyl (C=O) groups excluding carboxylic acids is 2. The molecule has 1 aliphatic carbocycles. The summed E-state index contributed by atoms with van der Waals surface area (Å²) in [6.45, 7) is 9.26. The third-order valence-corrected chi connectivity index (χ3v) is 7.53. The number of nitrogens with one attached hydrogen (secondary N) is 1. The van der Waals surface area contributed by atoms with Gasteiger partial charge in [-0.3, -0.25) is 9.59 Å². The summed E-state index contributed by atoms with van der Waals surface area (Å²) < 4.78 is 5.62. The van der Waals surface area contributed by atoms with Crippen molar-refractivity contribution in [1.29, 1.82) is 0 Å². The van der Waals surface area contributed by atoms with Gasteiger partial charge >= 0.3 is 0 Å². The Morgan fingerprint density at radius 3 is 2.51 bits per heavy atom. The third kappa shape index (κ3) is 5.74. The second kappa shape index (κ2) is 10.2. The molecule has 0 bridgehead atoms. The van der Waals surface area contributed by atoms with Crippen molar-refractivity contribution in [3.8, 4) is 5.88 Å². The zero-order valence-corrected chi connectivity index (χ0v) is 21.2. The summed E-state index contributed by atoms with van der Waals surface area (Å²) in [5.41, 5.74) is 8.30. The molecular formula is C27H37N5O3. The van der Waals surface area contributed by atoms with E-state index in [-0.39, 0.29) is 40.5 Å². The largest absolute Gasteiger partial charge is 0.475 e. The van der Waals surface area contributed by atoms with Crippen LogP contribution in [0.4, 0.5) is 11.5 Å². The minimum atomic E-state index is -0.247. The summed E-state index contributed by atoms with van der Waals surface area (Å²) in [6.07, 6.45) is 6.18. The number of nitrogen functional groups attached to an aromatic ring is 1. The quantitative estimate of drug-likeness (QED) is 0.661. The minimum Gasteiger partial charge on any atom is -0.475 e. The van der Waals surface area contributed by atoms with Crippen LogP contribution in [-0.4, -0.2) is 41.0 Å². The highest BCUT2D eigenvalue weighted by Crippen LogP contribution is 2.38. The Kier molecular flexibility index (Phi) is 7.28. The number of hydrogen-bond acceptors (Lipinski definition) is 6. The van der Waals surface area contributed by atoms with E-state index in [0.717, 1.165) is 31.4 Å². The lowest BCUT2D eigenvalue weighted by atomic mass is 9.77. The molecule has 1 fully saturated rings. The molecule has 1 saturated carbocycles. The van der Waals surface area contributed by atoms with Crippen LogP contribution in [0.1, 0.15) is 81.6 Å². The lowest BCUT2D eigenvalue weighted by Crippen LogP contribution is -2.42. The Hall–Kier alpha value is -3.16. The number of hydrogen-bond donors (Lipinski definition) is 2. The van der Waals surface area contributed by atoms with Gasteiger partial charge in [0.2, 0.25) is 11.8 Å². The number of ether oxygens (including phenoxy) is 1. The molecule has 2 amide bonds. The van der Waals surface area contributed by atoms with Crippen molar-refractivity contribution in [2.24, 2.45) is 11.3 Å². The van der Waals surface area contributed by atoms with Crippen molar-refractivity contribution in [3.05, 3.63) is 41.7 Å². The lowest BCUT2D eigenvalue weighted by molar-refractivity contribution is -0.123. The van der Waals surface area contributed by atoms with Crippen LogP contribution >= 0.6 is 0 Å². The second-order valence-electron chi connectivity index (χ2n) is 10.9. The van der Waals surface area contributed by atoms with Crippen LogP contribution in [0.15, 0.2) is 30.6 Å². The molecule has 1 aromatic heterocycles. The fourth-order valence-electron chi connectivity index (χ4n) is 4.81. The first-order valence-electron chi connectivity index (χ1n) is 12.6. The number of anilines is 2. The Morgan fingerprint density at radius 1 is 1.17 bits per heavy atom. The molecule has 8 heteroatoms. The molecule has 1 aliphatic heterocycles.